The maximum Gasteiger partial charge on any atom is 0.341 e. The maximum absolute atomic E-state index is 12.0. The Bertz CT molecular complexity index is 644. The van der Waals surface area contributed by atoms with Crippen molar-refractivity contribution in [3.8, 4) is 5.75 Å². The first-order valence-corrected chi connectivity index (χ1v) is 7.79. The second kappa shape index (κ2) is 5.80. The molecule has 1 aliphatic carbocycles. The molecule has 2 aliphatic rings. The van der Waals surface area contributed by atoms with E-state index in [1.54, 1.807) is 0 Å². The summed E-state index contributed by atoms with van der Waals surface area (Å²) in [4.78, 5) is 23.5. The van der Waals surface area contributed by atoms with Crippen LogP contribution in [0.2, 0.25) is 5.02 Å². The van der Waals surface area contributed by atoms with Crippen LogP contribution >= 0.6 is 11.6 Å². The number of anilines is 1. The van der Waals surface area contributed by atoms with E-state index < -0.39 is 5.97 Å². The van der Waals surface area contributed by atoms with Crippen LogP contribution in [0.5, 0.6) is 5.75 Å². The Morgan fingerprint density at radius 2 is 2.09 bits per heavy atom. The van der Waals surface area contributed by atoms with E-state index in [0.717, 1.165) is 31.2 Å². The average Bonchev–Trinajstić information content (AvgIpc) is 2.88. The molecule has 0 spiro atoms. The monoisotopic (exact) mass is 323 g/mol. The van der Waals surface area contributed by atoms with Gasteiger partial charge in [0.1, 0.15) is 17.4 Å². The minimum Gasteiger partial charge on any atom is -0.488 e. The van der Waals surface area contributed by atoms with Crippen LogP contribution in [0, 0.1) is 0 Å². The van der Waals surface area contributed by atoms with Gasteiger partial charge in [0, 0.05) is 18.4 Å². The van der Waals surface area contributed by atoms with Crippen molar-refractivity contribution in [1.29, 1.82) is 0 Å². The Labute approximate surface area is 133 Å². The van der Waals surface area contributed by atoms with Crippen LogP contribution in [0.25, 0.3) is 0 Å². The van der Waals surface area contributed by atoms with E-state index in [9.17, 15) is 9.59 Å². The number of fused-ring (bicyclic) bond motifs is 3. The summed E-state index contributed by atoms with van der Waals surface area (Å²) < 4.78 is 10.9. The lowest BCUT2D eigenvalue weighted by Crippen LogP contribution is -2.23. The molecule has 5 nitrogen and oxygen atoms in total. The van der Waals surface area contributed by atoms with Gasteiger partial charge < -0.3 is 14.8 Å². The lowest BCUT2D eigenvalue weighted by atomic mass is 9.82. The molecule has 2 unspecified atom stereocenters. The number of amides is 1. The van der Waals surface area contributed by atoms with Gasteiger partial charge >= 0.3 is 5.97 Å². The van der Waals surface area contributed by atoms with E-state index in [4.69, 9.17) is 21.1 Å². The van der Waals surface area contributed by atoms with Gasteiger partial charge in [-0.3, -0.25) is 4.79 Å². The lowest BCUT2D eigenvalue weighted by molar-refractivity contribution is -0.114. The normalized spacial score (nSPS) is 22.3. The van der Waals surface area contributed by atoms with E-state index in [1.807, 2.05) is 0 Å². The van der Waals surface area contributed by atoms with Crippen molar-refractivity contribution in [2.24, 2.45) is 0 Å². The molecule has 6 heteroatoms. The molecule has 118 valence electrons. The van der Waals surface area contributed by atoms with Gasteiger partial charge in [0.2, 0.25) is 5.91 Å². The lowest BCUT2D eigenvalue weighted by Gasteiger charge is -2.24. The molecule has 1 aromatic carbocycles. The summed E-state index contributed by atoms with van der Waals surface area (Å²) in [6, 6.07) is 1.51. The number of hydrogen-bond donors (Lipinski definition) is 1. The van der Waals surface area contributed by atoms with Crippen LogP contribution in [-0.4, -0.2) is 25.1 Å². The molecule has 0 bridgehead atoms. The second-order valence-electron chi connectivity index (χ2n) is 5.74. The number of esters is 1. The molecule has 3 rings (SSSR count). The fourth-order valence-electron chi connectivity index (χ4n) is 3.42. The van der Waals surface area contributed by atoms with Crippen LogP contribution in [0.1, 0.15) is 54.4 Å². The Kier molecular flexibility index (Phi) is 4.00. The predicted octanol–water partition coefficient (Wildman–Crippen LogP) is 3.50. The van der Waals surface area contributed by atoms with Crippen molar-refractivity contribution < 1.29 is 19.1 Å². The number of halogens is 1. The summed E-state index contributed by atoms with van der Waals surface area (Å²) in [6.45, 7) is 1.44. The van der Waals surface area contributed by atoms with Gasteiger partial charge in [-0.05, 0) is 25.3 Å². The zero-order valence-electron chi connectivity index (χ0n) is 12.6. The first kappa shape index (κ1) is 15.2. The molecule has 1 aromatic rings. The number of carbonyl (C=O) groups excluding carboxylic acids is 2. The summed E-state index contributed by atoms with van der Waals surface area (Å²) in [6.07, 6.45) is 4.15. The van der Waals surface area contributed by atoms with Crippen LogP contribution in [0.4, 0.5) is 5.69 Å². The Morgan fingerprint density at radius 3 is 2.77 bits per heavy atom. The van der Waals surface area contributed by atoms with Crippen molar-refractivity contribution in [3.63, 3.8) is 0 Å². The third-order valence-electron chi connectivity index (χ3n) is 4.32. The first-order chi connectivity index (χ1) is 10.5. The number of benzene rings is 1. The third kappa shape index (κ3) is 2.43. The minimum absolute atomic E-state index is 0.0399. The van der Waals surface area contributed by atoms with E-state index in [2.05, 4.69) is 5.32 Å². The molecule has 1 amide bonds. The van der Waals surface area contributed by atoms with Crippen molar-refractivity contribution in [2.75, 3.05) is 12.4 Å². The molecular weight excluding hydrogens is 306 g/mol. The highest BCUT2D eigenvalue weighted by atomic mass is 35.5. The summed E-state index contributed by atoms with van der Waals surface area (Å²) in [7, 11) is 1.33. The largest absolute Gasteiger partial charge is 0.488 e. The van der Waals surface area contributed by atoms with Crippen molar-refractivity contribution >= 4 is 29.2 Å². The van der Waals surface area contributed by atoms with E-state index in [0.29, 0.717) is 22.0 Å². The highest BCUT2D eigenvalue weighted by molar-refractivity contribution is 6.34. The summed E-state index contributed by atoms with van der Waals surface area (Å²) in [5.74, 6) is -0.00930. The van der Waals surface area contributed by atoms with E-state index in [1.165, 1.54) is 20.1 Å². The number of methoxy groups -OCH3 is 1. The van der Waals surface area contributed by atoms with Gasteiger partial charge in [0.05, 0.1) is 17.8 Å². The third-order valence-corrected chi connectivity index (χ3v) is 4.62. The van der Waals surface area contributed by atoms with Gasteiger partial charge in [-0.25, -0.2) is 4.79 Å². The van der Waals surface area contributed by atoms with Crippen molar-refractivity contribution in [1.82, 2.24) is 0 Å². The SMILES string of the molecule is COC(=O)c1cc(Cl)c(NC(C)=O)c2c1OC1CCCCC21. The highest BCUT2D eigenvalue weighted by Crippen LogP contribution is 2.52. The van der Waals surface area contributed by atoms with E-state index >= 15 is 0 Å². The van der Waals surface area contributed by atoms with Gasteiger partial charge in [0.15, 0.2) is 0 Å². The summed E-state index contributed by atoms with van der Waals surface area (Å²) >= 11 is 6.31. The molecule has 2 atom stereocenters. The molecule has 1 aliphatic heterocycles. The fourth-order valence-corrected chi connectivity index (χ4v) is 3.67. The number of ether oxygens (including phenoxy) is 2. The van der Waals surface area contributed by atoms with Crippen LogP contribution in [0.15, 0.2) is 6.07 Å². The number of hydrogen-bond acceptors (Lipinski definition) is 4. The Morgan fingerprint density at radius 1 is 1.36 bits per heavy atom. The molecule has 0 radical (unpaired) electrons. The van der Waals surface area contributed by atoms with E-state index in [-0.39, 0.29) is 17.9 Å². The molecule has 1 fully saturated rings. The van der Waals surface area contributed by atoms with Gasteiger partial charge in [-0.2, -0.15) is 0 Å². The van der Waals surface area contributed by atoms with Gasteiger partial charge in [-0.1, -0.05) is 18.0 Å². The van der Waals surface area contributed by atoms with Crippen LogP contribution < -0.4 is 10.1 Å². The van der Waals surface area contributed by atoms with Crippen LogP contribution in [0.3, 0.4) is 0 Å². The number of carbonyl (C=O) groups is 2. The average molecular weight is 324 g/mol. The topological polar surface area (TPSA) is 64.6 Å². The fraction of sp³-hybridized carbons (Fsp3) is 0.500. The maximum atomic E-state index is 12.0. The molecule has 1 heterocycles. The quantitative estimate of drug-likeness (QED) is 0.846. The minimum atomic E-state index is -0.480. The molecule has 1 N–H and O–H groups in total. The molecule has 0 saturated heterocycles. The smallest absolute Gasteiger partial charge is 0.341 e. The van der Waals surface area contributed by atoms with Crippen LogP contribution in [-0.2, 0) is 9.53 Å². The Hall–Kier alpha value is -1.75. The highest BCUT2D eigenvalue weighted by Gasteiger charge is 2.41. The summed E-state index contributed by atoms with van der Waals surface area (Å²) in [5.41, 5.74) is 1.73. The van der Waals surface area contributed by atoms with Crippen molar-refractivity contribution in [3.05, 3.63) is 22.2 Å². The molecule has 22 heavy (non-hydrogen) atoms. The van der Waals surface area contributed by atoms with Crippen molar-refractivity contribution in [2.45, 2.75) is 44.6 Å². The first-order valence-electron chi connectivity index (χ1n) is 7.42. The van der Waals surface area contributed by atoms with Gasteiger partial charge in [-0.15, -0.1) is 0 Å². The second-order valence-corrected chi connectivity index (χ2v) is 6.15. The number of rotatable bonds is 2. The zero-order valence-corrected chi connectivity index (χ0v) is 13.3. The predicted molar refractivity (Wildman–Crippen MR) is 82.7 cm³/mol. The standard InChI is InChI=1S/C16H18ClNO4/c1-8(19)18-14-11(17)7-10(16(20)21-2)15-13(14)9-5-3-4-6-12(9)22-15/h7,9,12H,3-6H2,1-2H3,(H,18,19). The molecule has 0 aromatic heterocycles. The summed E-state index contributed by atoms with van der Waals surface area (Å²) in [5, 5.41) is 3.12. The molecular formula is C16H18ClNO4. The Balaban J connectivity index is 2.17. The molecule has 1 saturated carbocycles. The van der Waals surface area contributed by atoms with Gasteiger partial charge in [0.25, 0.3) is 0 Å². The zero-order chi connectivity index (χ0) is 15.9. The number of nitrogens with one attached hydrogen (secondary N) is 1.